The first-order valence-corrected chi connectivity index (χ1v) is 23.3. The molecule has 0 saturated carbocycles. The number of aromatic nitrogens is 6. The van der Waals surface area contributed by atoms with Crippen molar-refractivity contribution in [2.24, 2.45) is 11.7 Å². The van der Waals surface area contributed by atoms with Gasteiger partial charge in [0, 0.05) is 44.5 Å². The Morgan fingerprint density at radius 2 is 0.637 bits per heavy atom. The number of hydrogen-bond acceptors (Lipinski definition) is 13. The zero-order valence-corrected chi connectivity index (χ0v) is 42.0. The predicted octanol–water partition coefficient (Wildman–Crippen LogP) is 12.5. The van der Waals surface area contributed by atoms with E-state index in [4.69, 9.17) is 24.9 Å². The molecule has 1 atom stereocenters. The van der Waals surface area contributed by atoms with Gasteiger partial charge in [0.2, 0.25) is 35.3 Å². The molecule has 80 heavy (non-hydrogen) atoms. The Balaban J connectivity index is 0.000000192. The fraction of sp³-hybridized carbons (Fsp3) is 0.185. The highest BCUT2D eigenvalue weighted by molar-refractivity contribution is 5.97. The molecule has 1 unspecified atom stereocenters. The van der Waals surface area contributed by atoms with Crippen molar-refractivity contribution in [1.29, 1.82) is 0 Å². The van der Waals surface area contributed by atoms with E-state index in [9.17, 15) is 57.9 Å². The molecule has 0 saturated heterocycles. The van der Waals surface area contributed by atoms with Crippen molar-refractivity contribution >= 4 is 11.8 Å². The summed E-state index contributed by atoms with van der Waals surface area (Å²) < 4.78 is 163. The summed E-state index contributed by atoms with van der Waals surface area (Å²) in [6.45, 7) is 4.47. The first-order valence-electron chi connectivity index (χ1n) is 23.3. The van der Waals surface area contributed by atoms with Crippen molar-refractivity contribution in [3.8, 4) is 68.7 Å². The van der Waals surface area contributed by atoms with Crippen LogP contribution in [-0.2, 0) is 10.8 Å². The van der Waals surface area contributed by atoms with Crippen LogP contribution >= 0.6 is 0 Å². The molecule has 3 aromatic heterocycles. The Morgan fingerprint density at radius 1 is 0.400 bits per heavy atom. The fourth-order valence-corrected chi connectivity index (χ4v) is 7.26. The van der Waals surface area contributed by atoms with Gasteiger partial charge >= 0.3 is 18.5 Å². The molecule has 0 aliphatic carbocycles. The monoisotopic (exact) mass is 1120 g/mol. The Bertz CT molecular complexity index is 3480. The van der Waals surface area contributed by atoms with Crippen molar-refractivity contribution in [2.75, 3.05) is 0 Å². The number of hydrogen-bond donors (Lipinski definition) is 4. The summed E-state index contributed by atoms with van der Waals surface area (Å²) >= 11 is 0. The summed E-state index contributed by atoms with van der Waals surface area (Å²) in [5.74, 6) is 10.1. The van der Waals surface area contributed by atoms with Gasteiger partial charge in [0.15, 0.2) is 5.41 Å². The van der Waals surface area contributed by atoms with E-state index < -0.39 is 58.7 Å². The second kappa shape index (κ2) is 23.4. The largest absolute Gasteiger partial charge is 0.416 e. The van der Waals surface area contributed by atoms with Gasteiger partial charge in [0.25, 0.3) is 18.2 Å². The minimum absolute atomic E-state index is 0.0113. The summed E-state index contributed by atoms with van der Waals surface area (Å²) in [6.07, 6.45) is -19.8. The lowest BCUT2D eigenvalue weighted by Crippen LogP contribution is -2.51. The minimum atomic E-state index is -5.50. The molecular formula is C54H43F11N10O5. The fourth-order valence-electron chi connectivity index (χ4n) is 7.26. The van der Waals surface area contributed by atoms with Gasteiger partial charge in [-0.2, -0.15) is 39.5 Å². The summed E-state index contributed by atoms with van der Waals surface area (Å²) in [5.41, 5.74) is 1.26. The first-order chi connectivity index (χ1) is 37.7. The topological polar surface area (TPSA) is 227 Å². The molecule has 9 aromatic rings. The summed E-state index contributed by atoms with van der Waals surface area (Å²) in [7, 11) is 0. The van der Waals surface area contributed by atoms with E-state index >= 15 is 0 Å². The SMILES string of the molecule is Cc1ccc(-c2nnc(-c3ccc(-c4nnc(-c5ccc(C(C)(C(F)F)C(F)(F)F)cc5)o4)cc3)o2)cc1.Cc1ccc(-c2nnc(-c3ccc(C(C)(C(F)(F)F)C(F)(F)F)cc3)o2)cc1.NNC(=O)c1ccc(C(=O)NN)cc1. The number of nitrogens with zero attached hydrogens (tertiary/aromatic N) is 6. The Morgan fingerprint density at radius 3 is 0.863 bits per heavy atom. The van der Waals surface area contributed by atoms with Gasteiger partial charge in [-0.05, 0) is 136 Å². The number of nitrogens with one attached hydrogen (secondary N) is 2. The quantitative estimate of drug-likeness (QED) is 0.0409. The highest BCUT2D eigenvalue weighted by atomic mass is 19.4. The molecule has 9 rings (SSSR count). The Kier molecular flexibility index (Phi) is 17.1. The number of aryl methyl sites for hydroxylation is 2. The van der Waals surface area contributed by atoms with E-state index in [1.54, 1.807) is 36.4 Å². The van der Waals surface area contributed by atoms with E-state index in [2.05, 4.69) is 30.6 Å². The maximum atomic E-state index is 13.4. The minimum Gasteiger partial charge on any atom is -0.416 e. The van der Waals surface area contributed by atoms with E-state index in [0.29, 0.717) is 46.5 Å². The number of rotatable bonds is 11. The third-order valence-corrected chi connectivity index (χ3v) is 12.5. The number of amides is 2. The standard InChI is InChI=1S/C27H19F5N4O2.C19H14F6N2O.C8H10N4O2/c1-15-3-5-16(6-4-15)21-33-34-22(37-21)17-7-9-18(10-8-17)23-35-36-24(38-23)19-11-13-20(14-12-19)26(2,25(28)29)27(30,31)32;1-11-3-5-12(6-4-11)15-26-27-16(28-15)13-7-9-14(10-8-13)17(2,18(20,21)22)19(23,24)25;9-11-7(13)5-1-2-6(4-3-5)8(14)12-10/h3-14,25H,1-2H3;3-10H,1-2H3;1-4H,9-10H2,(H,11,13)(H,12,14). The van der Waals surface area contributed by atoms with Crippen LogP contribution in [0.1, 0.15) is 56.8 Å². The molecule has 0 aliphatic rings. The van der Waals surface area contributed by atoms with Gasteiger partial charge in [-0.1, -0.05) is 59.7 Å². The third-order valence-electron chi connectivity index (χ3n) is 12.5. The smallest absolute Gasteiger partial charge is 0.406 e. The highest BCUT2D eigenvalue weighted by Gasteiger charge is 2.68. The molecule has 416 valence electrons. The predicted molar refractivity (Wildman–Crippen MR) is 267 cm³/mol. The van der Waals surface area contributed by atoms with Gasteiger partial charge in [0.05, 0.1) is 0 Å². The van der Waals surface area contributed by atoms with Crippen LogP contribution in [0, 0.1) is 13.8 Å². The van der Waals surface area contributed by atoms with E-state index in [-0.39, 0.29) is 41.6 Å². The second-order valence-electron chi connectivity index (χ2n) is 17.8. The normalized spacial score (nSPS) is 12.6. The number of alkyl halides is 11. The molecule has 0 radical (unpaired) electrons. The second-order valence-corrected chi connectivity index (χ2v) is 17.8. The van der Waals surface area contributed by atoms with Gasteiger partial charge < -0.3 is 13.3 Å². The van der Waals surface area contributed by atoms with Crippen molar-refractivity contribution in [3.05, 3.63) is 179 Å². The van der Waals surface area contributed by atoms with E-state index in [1.165, 1.54) is 36.4 Å². The van der Waals surface area contributed by atoms with Gasteiger partial charge in [0.1, 0.15) is 5.41 Å². The van der Waals surface area contributed by atoms with Crippen LogP contribution in [0.5, 0.6) is 0 Å². The lowest BCUT2D eigenvalue weighted by atomic mass is 9.80. The molecule has 6 N–H and O–H groups in total. The average molecular weight is 1120 g/mol. The molecule has 6 aromatic carbocycles. The molecule has 0 bridgehead atoms. The van der Waals surface area contributed by atoms with E-state index in [1.807, 2.05) is 61.1 Å². The molecule has 0 fully saturated rings. The van der Waals surface area contributed by atoms with Gasteiger partial charge in [-0.25, -0.2) is 20.5 Å². The Hall–Kier alpha value is -9.17. The van der Waals surface area contributed by atoms with Crippen LogP contribution in [0.3, 0.4) is 0 Å². The van der Waals surface area contributed by atoms with Crippen molar-refractivity contribution in [3.63, 3.8) is 0 Å². The van der Waals surface area contributed by atoms with E-state index in [0.717, 1.165) is 53.1 Å². The zero-order chi connectivity index (χ0) is 58.4. The maximum absolute atomic E-state index is 13.4. The first kappa shape index (κ1) is 58.5. The number of nitrogens with two attached hydrogens (primary N) is 2. The van der Waals surface area contributed by atoms with Gasteiger partial charge in [-0.15, -0.1) is 30.6 Å². The number of carbonyl (C=O) groups excluding carboxylic acids is 2. The number of nitrogen functional groups attached to an aromatic ring is 2. The van der Waals surface area contributed by atoms with Crippen LogP contribution in [-0.4, -0.2) is 67.4 Å². The summed E-state index contributed by atoms with van der Waals surface area (Å²) in [6, 6.07) is 35.9. The Labute approximate surface area is 446 Å². The molecule has 0 spiro atoms. The molecule has 3 heterocycles. The molecular weight excluding hydrogens is 1080 g/mol. The van der Waals surface area contributed by atoms with Crippen LogP contribution in [0.4, 0.5) is 48.3 Å². The molecule has 15 nitrogen and oxygen atoms in total. The lowest BCUT2D eigenvalue weighted by Gasteiger charge is -2.34. The molecule has 0 aliphatic heterocycles. The number of carbonyl (C=O) groups is 2. The lowest BCUT2D eigenvalue weighted by molar-refractivity contribution is -0.297. The van der Waals surface area contributed by atoms with Crippen LogP contribution in [0.25, 0.3) is 68.7 Å². The number of halogens is 11. The zero-order valence-electron chi connectivity index (χ0n) is 42.0. The van der Waals surface area contributed by atoms with Crippen molar-refractivity contribution in [1.82, 2.24) is 41.4 Å². The molecule has 2 amide bonds. The third kappa shape index (κ3) is 12.6. The van der Waals surface area contributed by atoms with Crippen molar-refractivity contribution < 1.29 is 71.1 Å². The molecule has 26 heteroatoms. The summed E-state index contributed by atoms with van der Waals surface area (Å²) in [5, 5.41) is 23.8. The van der Waals surface area contributed by atoms with Crippen LogP contribution in [0.15, 0.2) is 159 Å². The number of hydrazine groups is 2. The van der Waals surface area contributed by atoms with Crippen molar-refractivity contribution in [2.45, 2.75) is 63.5 Å². The van der Waals surface area contributed by atoms with Crippen LogP contribution < -0.4 is 22.5 Å². The van der Waals surface area contributed by atoms with Gasteiger partial charge in [-0.3, -0.25) is 20.4 Å². The summed E-state index contributed by atoms with van der Waals surface area (Å²) in [4.78, 5) is 22.0. The van der Waals surface area contributed by atoms with Crippen LogP contribution in [0.2, 0.25) is 0 Å². The average Bonchev–Trinajstić information content (AvgIpc) is 4.31. The highest BCUT2D eigenvalue weighted by Crippen LogP contribution is 2.52. The maximum Gasteiger partial charge on any atom is 0.406 e. The number of benzene rings is 6.